The second-order valence-electron chi connectivity index (χ2n) is 3.58. The van der Waals surface area contributed by atoms with Crippen LogP contribution < -0.4 is 5.32 Å². The molecule has 0 amide bonds. The molecule has 1 N–H and O–H groups in total. The second kappa shape index (κ2) is 6.41. The number of hydrogen-bond acceptors (Lipinski definition) is 2. The van der Waals surface area contributed by atoms with Crippen LogP contribution in [0, 0.1) is 0 Å². The number of rotatable bonds is 5. The van der Waals surface area contributed by atoms with Crippen molar-refractivity contribution in [3.63, 3.8) is 0 Å². The van der Waals surface area contributed by atoms with Crippen LogP contribution in [0.3, 0.4) is 0 Å². The summed E-state index contributed by atoms with van der Waals surface area (Å²) in [6, 6.07) is 8.58. The van der Waals surface area contributed by atoms with Gasteiger partial charge in [0.15, 0.2) is 0 Å². The maximum atomic E-state index is 5.95. The van der Waals surface area contributed by atoms with Crippen molar-refractivity contribution < 1.29 is 0 Å². The van der Waals surface area contributed by atoms with Gasteiger partial charge in [-0.15, -0.1) is 11.8 Å². The minimum absolute atomic E-state index is 0.550. The summed E-state index contributed by atoms with van der Waals surface area (Å²) < 4.78 is 0. The van der Waals surface area contributed by atoms with Crippen LogP contribution in [0.25, 0.3) is 0 Å². The lowest BCUT2D eigenvalue weighted by Gasteiger charge is -2.21. The van der Waals surface area contributed by atoms with Crippen LogP contribution in [0.15, 0.2) is 29.2 Å². The van der Waals surface area contributed by atoms with Crippen molar-refractivity contribution in [2.24, 2.45) is 0 Å². The minimum atomic E-state index is 0.550. The molecule has 0 aliphatic carbocycles. The predicted molar refractivity (Wildman–Crippen MR) is 69.9 cm³/mol. The number of benzene rings is 1. The van der Waals surface area contributed by atoms with Gasteiger partial charge >= 0.3 is 0 Å². The van der Waals surface area contributed by atoms with Gasteiger partial charge in [-0.05, 0) is 31.7 Å². The molecule has 0 aliphatic heterocycles. The van der Waals surface area contributed by atoms with Crippen molar-refractivity contribution in [1.82, 2.24) is 5.32 Å². The van der Waals surface area contributed by atoms with E-state index in [9.17, 15) is 0 Å². The van der Waals surface area contributed by atoms with Gasteiger partial charge in [0.05, 0.1) is 0 Å². The molecule has 15 heavy (non-hydrogen) atoms. The Morgan fingerprint density at radius 3 is 2.73 bits per heavy atom. The van der Waals surface area contributed by atoms with E-state index in [-0.39, 0.29) is 0 Å². The average molecular weight is 244 g/mol. The Hall–Kier alpha value is -0.180. The summed E-state index contributed by atoms with van der Waals surface area (Å²) in [7, 11) is 2.02. The van der Waals surface area contributed by atoms with Gasteiger partial charge in [0, 0.05) is 21.2 Å². The van der Waals surface area contributed by atoms with E-state index in [1.54, 1.807) is 0 Å². The van der Waals surface area contributed by atoms with Crippen molar-refractivity contribution in [3.8, 4) is 0 Å². The Morgan fingerprint density at radius 1 is 1.47 bits per heavy atom. The number of thioether (sulfide) groups is 1. The first-order valence-electron chi connectivity index (χ1n) is 5.26. The molecular weight excluding hydrogens is 226 g/mol. The minimum Gasteiger partial charge on any atom is -0.316 e. The van der Waals surface area contributed by atoms with Gasteiger partial charge in [-0.25, -0.2) is 0 Å². The Bertz CT molecular complexity index is 299. The third-order valence-corrected chi connectivity index (χ3v) is 3.96. The predicted octanol–water partition coefficient (Wildman–Crippen LogP) is 3.82. The van der Waals surface area contributed by atoms with Crippen molar-refractivity contribution >= 4 is 23.4 Å². The van der Waals surface area contributed by atoms with E-state index < -0.39 is 0 Å². The second-order valence-corrected chi connectivity index (χ2v) is 5.47. The first-order chi connectivity index (χ1) is 7.17. The van der Waals surface area contributed by atoms with E-state index in [4.69, 9.17) is 11.6 Å². The largest absolute Gasteiger partial charge is 0.316 e. The van der Waals surface area contributed by atoms with E-state index in [1.807, 2.05) is 37.0 Å². The lowest BCUT2D eigenvalue weighted by atomic mass is 10.2. The van der Waals surface area contributed by atoms with Gasteiger partial charge in [-0.1, -0.05) is 31.5 Å². The quantitative estimate of drug-likeness (QED) is 0.790. The van der Waals surface area contributed by atoms with Crippen LogP contribution in [-0.2, 0) is 0 Å². The van der Waals surface area contributed by atoms with Crippen LogP contribution in [-0.4, -0.2) is 18.3 Å². The van der Waals surface area contributed by atoms with E-state index in [2.05, 4.69) is 25.2 Å². The van der Waals surface area contributed by atoms with Crippen LogP contribution in [0.4, 0.5) is 0 Å². The molecule has 1 aromatic carbocycles. The lowest BCUT2D eigenvalue weighted by Crippen LogP contribution is -2.33. The topological polar surface area (TPSA) is 12.0 Å². The molecule has 84 valence electrons. The standard InChI is InChI=1S/C12H18ClNS/c1-4-12(14-3)9(2)15-11-7-5-6-10(13)8-11/h5-9,12,14H,4H2,1-3H3. The van der Waals surface area contributed by atoms with Crippen LogP contribution in [0.1, 0.15) is 20.3 Å². The zero-order valence-corrected chi connectivity index (χ0v) is 11.0. The molecule has 0 saturated heterocycles. The zero-order chi connectivity index (χ0) is 11.3. The molecule has 0 spiro atoms. The van der Waals surface area contributed by atoms with Crippen molar-refractivity contribution in [3.05, 3.63) is 29.3 Å². The van der Waals surface area contributed by atoms with E-state index >= 15 is 0 Å². The third kappa shape index (κ3) is 4.06. The number of hydrogen-bond donors (Lipinski definition) is 1. The highest BCUT2D eigenvalue weighted by molar-refractivity contribution is 8.00. The van der Waals surface area contributed by atoms with E-state index in [0.29, 0.717) is 11.3 Å². The molecule has 0 aliphatic rings. The summed E-state index contributed by atoms with van der Waals surface area (Å²) in [5.41, 5.74) is 0. The highest BCUT2D eigenvalue weighted by atomic mass is 35.5. The van der Waals surface area contributed by atoms with Gasteiger partial charge < -0.3 is 5.32 Å². The molecule has 0 fully saturated rings. The Morgan fingerprint density at radius 2 is 2.20 bits per heavy atom. The average Bonchev–Trinajstić information content (AvgIpc) is 2.19. The molecule has 3 heteroatoms. The van der Waals surface area contributed by atoms with Gasteiger partial charge in [0.1, 0.15) is 0 Å². The first-order valence-corrected chi connectivity index (χ1v) is 6.52. The highest BCUT2D eigenvalue weighted by Gasteiger charge is 2.14. The van der Waals surface area contributed by atoms with E-state index in [0.717, 1.165) is 11.4 Å². The Kier molecular flexibility index (Phi) is 5.51. The molecule has 0 saturated carbocycles. The fraction of sp³-hybridized carbons (Fsp3) is 0.500. The van der Waals surface area contributed by atoms with Crippen molar-refractivity contribution in [2.45, 2.75) is 36.5 Å². The van der Waals surface area contributed by atoms with Gasteiger partial charge in [0.25, 0.3) is 0 Å². The molecule has 0 aromatic heterocycles. The molecule has 1 nitrogen and oxygen atoms in total. The first kappa shape index (κ1) is 12.9. The summed E-state index contributed by atoms with van der Waals surface area (Å²) in [6.07, 6.45) is 1.14. The van der Waals surface area contributed by atoms with Gasteiger partial charge in [0.2, 0.25) is 0 Å². The molecule has 2 unspecified atom stereocenters. The molecule has 0 radical (unpaired) electrons. The maximum Gasteiger partial charge on any atom is 0.0417 e. The normalized spacial score (nSPS) is 14.9. The van der Waals surface area contributed by atoms with Crippen LogP contribution >= 0.6 is 23.4 Å². The molecule has 2 atom stereocenters. The third-order valence-electron chi connectivity index (χ3n) is 2.50. The summed E-state index contributed by atoms with van der Waals surface area (Å²) in [5.74, 6) is 0. The number of halogens is 1. The monoisotopic (exact) mass is 243 g/mol. The summed E-state index contributed by atoms with van der Waals surface area (Å²) in [5, 5.41) is 4.70. The van der Waals surface area contributed by atoms with Gasteiger partial charge in [-0.3, -0.25) is 0 Å². The molecule has 0 heterocycles. The fourth-order valence-corrected chi connectivity index (χ4v) is 3.14. The molecule has 1 aromatic rings. The van der Waals surface area contributed by atoms with Crippen molar-refractivity contribution in [1.29, 1.82) is 0 Å². The smallest absolute Gasteiger partial charge is 0.0417 e. The van der Waals surface area contributed by atoms with Crippen LogP contribution in [0.5, 0.6) is 0 Å². The summed E-state index contributed by atoms with van der Waals surface area (Å²) >= 11 is 7.81. The van der Waals surface area contributed by atoms with E-state index in [1.165, 1.54) is 4.90 Å². The zero-order valence-electron chi connectivity index (χ0n) is 9.46. The summed E-state index contributed by atoms with van der Waals surface area (Å²) in [6.45, 7) is 4.45. The maximum absolute atomic E-state index is 5.95. The molecule has 0 bridgehead atoms. The fourth-order valence-electron chi connectivity index (χ4n) is 1.61. The SMILES string of the molecule is CCC(NC)C(C)Sc1cccc(Cl)c1. The van der Waals surface area contributed by atoms with Gasteiger partial charge in [-0.2, -0.15) is 0 Å². The molecule has 1 rings (SSSR count). The molecular formula is C12H18ClNS. The summed E-state index contributed by atoms with van der Waals surface area (Å²) in [4.78, 5) is 1.24. The number of nitrogens with one attached hydrogen (secondary N) is 1. The lowest BCUT2D eigenvalue weighted by molar-refractivity contribution is 0.541. The highest BCUT2D eigenvalue weighted by Crippen LogP contribution is 2.27. The Labute approximate surface area is 102 Å². The van der Waals surface area contributed by atoms with Crippen LogP contribution in [0.2, 0.25) is 5.02 Å². The Balaban J connectivity index is 2.61. The van der Waals surface area contributed by atoms with Crippen molar-refractivity contribution in [2.75, 3.05) is 7.05 Å².